The Bertz CT molecular complexity index is 951. The zero-order valence-corrected chi connectivity index (χ0v) is 15.1. The first-order valence-electron chi connectivity index (χ1n) is 8.97. The molecular weight excluding hydrogens is 343 g/mol. The van der Waals surface area contributed by atoms with E-state index in [1.54, 1.807) is 18.3 Å². The van der Waals surface area contributed by atoms with Crippen LogP contribution in [0.3, 0.4) is 0 Å². The second-order valence-electron chi connectivity index (χ2n) is 6.77. The number of aromatic nitrogens is 2. The highest BCUT2D eigenvalue weighted by Crippen LogP contribution is 2.23. The molecule has 0 saturated carbocycles. The van der Waals surface area contributed by atoms with Crippen LogP contribution in [-0.4, -0.2) is 27.0 Å². The van der Waals surface area contributed by atoms with E-state index in [1.165, 1.54) is 23.3 Å². The van der Waals surface area contributed by atoms with Crippen LogP contribution in [0.2, 0.25) is 0 Å². The molecule has 2 heterocycles. The van der Waals surface area contributed by atoms with Crippen LogP contribution < -0.4 is 5.32 Å². The molecule has 0 aliphatic carbocycles. The molecule has 0 bridgehead atoms. The predicted molar refractivity (Wildman–Crippen MR) is 101 cm³/mol. The number of nitrogens with zero attached hydrogens (tertiary/aromatic N) is 3. The van der Waals surface area contributed by atoms with Gasteiger partial charge < -0.3 is 14.8 Å². The van der Waals surface area contributed by atoms with E-state index in [9.17, 15) is 9.18 Å². The summed E-state index contributed by atoms with van der Waals surface area (Å²) in [6.45, 7) is 1.25. The number of rotatable bonds is 3. The van der Waals surface area contributed by atoms with E-state index >= 15 is 0 Å². The first-order valence-corrected chi connectivity index (χ1v) is 8.97. The second kappa shape index (κ2) is 7.23. The molecule has 2 aromatic carbocycles. The van der Waals surface area contributed by atoms with Crippen LogP contribution >= 0.6 is 0 Å². The van der Waals surface area contributed by atoms with E-state index in [0.29, 0.717) is 18.9 Å². The van der Waals surface area contributed by atoms with Gasteiger partial charge in [-0.1, -0.05) is 36.4 Å². The highest BCUT2D eigenvalue weighted by atomic mass is 19.1. The Morgan fingerprint density at radius 3 is 2.59 bits per heavy atom. The standard InChI is InChI=1S/C21H21FN4O/c1-25-13-11-23-20(25)19(16-6-8-18(22)9-7-16)24-21(27)26-12-10-15-4-2-3-5-17(15)14-26/h2-9,11,13,19H,10,12,14H2,1H3,(H,24,27). The topological polar surface area (TPSA) is 50.2 Å². The lowest BCUT2D eigenvalue weighted by atomic mass is 10.0. The fourth-order valence-electron chi connectivity index (χ4n) is 3.49. The quantitative estimate of drug-likeness (QED) is 0.774. The summed E-state index contributed by atoms with van der Waals surface area (Å²) >= 11 is 0. The van der Waals surface area contributed by atoms with E-state index in [4.69, 9.17) is 0 Å². The molecule has 2 amide bonds. The zero-order chi connectivity index (χ0) is 18.8. The molecule has 1 aliphatic rings. The maximum Gasteiger partial charge on any atom is 0.318 e. The number of carbonyl (C=O) groups is 1. The smallest absolute Gasteiger partial charge is 0.318 e. The van der Waals surface area contributed by atoms with E-state index < -0.39 is 6.04 Å². The molecule has 5 nitrogen and oxygen atoms in total. The Hall–Kier alpha value is -3.15. The molecule has 27 heavy (non-hydrogen) atoms. The summed E-state index contributed by atoms with van der Waals surface area (Å²) < 4.78 is 15.2. The van der Waals surface area contributed by atoms with Gasteiger partial charge in [0, 0.05) is 32.5 Å². The van der Waals surface area contributed by atoms with Crippen molar-refractivity contribution in [2.45, 2.75) is 19.0 Å². The molecule has 0 saturated heterocycles. The summed E-state index contributed by atoms with van der Waals surface area (Å²) in [5.41, 5.74) is 3.26. The zero-order valence-electron chi connectivity index (χ0n) is 15.1. The Labute approximate surface area is 157 Å². The van der Waals surface area contributed by atoms with Crippen LogP contribution in [-0.2, 0) is 20.0 Å². The predicted octanol–water partition coefficient (Wildman–Crippen LogP) is 3.42. The van der Waals surface area contributed by atoms with Gasteiger partial charge in [0.15, 0.2) is 0 Å². The van der Waals surface area contributed by atoms with E-state index in [2.05, 4.69) is 22.4 Å². The Morgan fingerprint density at radius 2 is 1.89 bits per heavy atom. The molecule has 0 spiro atoms. The van der Waals surface area contributed by atoms with Crippen LogP contribution in [0.1, 0.15) is 28.6 Å². The number of amides is 2. The number of hydrogen-bond donors (Lipinski definition) is 1. The fourth-order valence-corrected chi connectivity index (χ4v) is 3.49. The Kier molecular flexibility index (Phi) is 4.62. The molecule has 138 valence electrons. The molecular formula is C21H21FN4O. The number of nitrogens with one attached hydrogen (secondary N) is 1. The van der Waals surface area contributed by atoms with E-state index in [0.717, 1.165) is 12.0 Å². The summed E-state index contributed by atoms with van der Waals surface area (Å²) in [7, 11) is 1.88. The number of aryl methyl sites for hydroxylation is 1. The highest BCUT2D eigenvalue weighted by Gasteiger charge is 2.26. The molecule has 0 radical (unpaired) electrons. The average molecular weight is 364 g/mol. The van der Waals surface area contributed by atoms with Gasteiger partial charge in [0.25, 0.3) is 0 Å². The molecule has 1 unspecified atom stereocenters. The van der Waals surface area contributed by atoms with Crippen molar-refractivity contribution in [3.05, 3.63) is 89.3 Å². The van der Waals surface area contributed by atoms with Crippen LogP contribution in [0.25, 0.3) is 0 Å². The molecule has 1 aliphatic heterocycles. The van der Waals surface area contributed by atoms with Gasteiger partial charge in [0.2, 0.25) is 0 Å². The minimum atomic E-state index is -0.449. The van der Waals surface area contributed by atoms with Crippen LogP contribution in [0.5, 0.6) is 0 Å². The van der Waals surface area contributed by atoms with Gasteiger partial charge in [-0.3, -0.25) is 0 Å². The van der Waals surface area contributed by atoms with Crippen molar-refractivity contribution in [1.29, 1.82) is 0 Å². The van der Waals surface area contributed by atoms with Gasteiger partial charge in [-0.2, -0.15) is 0 Å². The monoisotopic (exact) mass is 364 g/mol. The summed E-state index contributed by atoms with van der Waals surface area (Å²) in [6, 6.07) is 13.8. The van der Waals surface area contributed by atoms with Gasteiger partial charge in [-0.15, -0.1) is 0 Å². The van der Waals surface area contributed by atoms with Crippen molar-refractivity contribution in [2.24, 2.45) is 7.05 Å². The first kappa shape index (κ1) is 17.3. The minimum Gasteiger partial charge on any atom is -0.336 e. The Morgan fingerprint density at radius 1 is 1.15 bits per heavy atom. The van der Waals surface area contributed by atoms with Gasteiger partial charge in [0.05, 0.1) is 0 Å². The first-order chi connectivity index (χ1) is 13.1. The molecule has 6 heteroatoms. The third kappa shape index (κ3) is 3.56. The number of carbonyl (C=O) groups excluding carboxylic acids is 1. The molecule has 4 rings (SSSR count). The van der Waals surface area contributed by atoms with Crippen molar-refractivity contribution in [3.63, 3.8) is 0 Å². The number of halogens is 1. The SMILES string of the molecule is Cn1ccnc1C(NC(=O)N1CCc2ccccc2C1)c1ccc(F)cc1. The third-order valence-electron chi connectivity index (χ3n) is 5.01. The maximum absolute atomic E-state index is 13.3. The van der Waals surface area contributed by atoms with Crippen LogP contribution in [0.15, 0.2) is 60.9 Å². The van der Waals surface area contributed by atoms with Crippen LogP contribution in [0.4, 0.5) is 9.18 Å². The van der Waals surface area contributed by atoms with Crippen LogP contribution in [0, 0.1) is 5.82 Å². The lowest BCUT2D eigenvalue weighted by Crippen LogP contribution is -2.44. The maximum atomic E-state index is 13.3. The fraction of sp³-hybridized carbons (Fsp3) is 0.238. The van der Waals surface area contributed by atoms with E-state index in [1.807, 2.05) is 34.8 Å². The molecule has 3 aromatic rings. The van der Waals surface area contributed by atoms with Gasteiger partial charge in [-0.25, -0.2) is 14.2 Å². The summed E-state index contributed by atoms with van der Waals surface area (Å²) in [4.78, 5) is 19.2. The summed E-state index contributed by atoms with van der Waals surface area (Å²) in [5.74, 6) is 0.392. The third-order valence-corrected chi connectivity index (χ3v) is 5.01. The highest BCUT2D eigenvalue weighted by molar-refractivity contribution is 5.75. The normalized spacial score (nSPS) is 14.5. The summed E-state index contributed by atoms with van der Waals surface area (Å²) in [5, 5.41) is 3.08. The number of urea groups is 1. The number of benzene rings is 2. The van der Waals surface area contributed by atoms with Crippen molar-refractivity contribution < 1.29 is 9.18 Å². The molecule has 1 aromatic heterocycles. The molecule has 0 fully saturated rings. The summed E-state index contributed by atoms with van der Waals surface area (Å²) in [6.07, 6.45) is 4.36. The van der Waals surface area contributed by atoms with Gasteiger partial charge in [0.1, 0.15) is 17.7 Å². The van der Waals surface area contributed by atoms with Crippen molar-refractivity contribution in [2.75, 3.05) is 6.54 Å². The number of hydrogen-bond acceptors (Lipinski definition) is 2. The van der Waals surface area contributed by atoms with Crippen molar-refractivity contribution in [1.82, 2.24) is 19.8 Å². The minimum absolute atomic E-state index is 0.151. The number of imidazole rings is 1. The molecule has 1 N–H and O–H groups in total. The lowest BCUT2D eigenvalue weighted by Gasteiger charge is -2.30. The van der Waals surface area contributed by atoms with Gasteiger partial charge >= 0.3 is 6.03 Å². The van der Waals surface area contributed by atoms with E-state index in [-0.39, 0.29) is 11.8 Å². The van der Waals surface area contributed by atoms with Crippen molar-refractivity contribution in [3.8, 4) is 0 Å². The molecule has 1 atom stereocenters. The Balaban J connectivity index is 1.58. The van der Waals surface area contributed by atoms with Crippen molar-refractivity contribution >= 4 is 6.03 Å². The lowest BCUT2D eigenvalue weighted by molar-refractivity contribution is 0.189. The second-order valence-corrected chi connectivity index (χ2v) is 6.77. The van der Waals surface area contributed by atoms with Gasteiger partial charge in [-0.05, 0) is 35.2 Å². The average Bonchev–Trinajstić information content (AvgIpc) is 3.12. The largest absolute Gasteiger partial charge is 0.336 e. The number of fused-ring (bicyclic) bond motifs is 1.